The van der Waals surface area contributed by atoms with Crippen molar-refractivity contribution in [3.05, 3.63) is 0 Å². The third kappa shape index (κ3) is 5.06. The molecule has 7 nitrogen and oxygen atoms in total. The topological polar surface area (TPSA) is 104 Å². The maximum absolute atomic E-state index is 12.0. The van der Waals surface area contributed by atoms with Gasteiger partial charge in [0.1, 0.15) is 0 Å². The first-order chi connectivity index (χ1) is 8.86. The summed E-state index contributed by atoms with van der Waals surface area (Å²) >= 11 is 0. The van der Waals surface area contributed by atoms with Crippen LogP contribution in [0.15, 0.2) is 0 Å². The number of sulfonamides is 1. The number of nitrogens with two attached hydrogens (primary N) is 1. The van der Waals surface area contributed by atoms with Crippen molar-refractivity contribution < 1.29 is 18.3 Å². The molecular weight excluding hydrogens is 270 g/mol. The quantitative estimate of drug-likeness (QED) is 0.585. The van der Waals surface area contributed by atoms with Gasteiger partial charge in [-0.15, -0.1) is 0 Å². The lowest BCUT2D eigenvalue weighted by Crippen LogP contribution is -2.54. The molecular formula is C11H23N3O4S. The summed E-state index contributed by atoms with van der Waals surface area (Å²) < 4.78 is 24.1. The lowest BCUT2D eigenvalue weighted by molar-refractivity contribution is -0.134. The number of carbonyl (C=O) groups is 1. The number of amides is 1. The summed E-state index contributed by atoms with van der Waals surface area (Å²) in [4.78, 5) is 13.6. The maximum atomic E-state index is 12.0. The van der Waals surface area contributed by atoms with Crippen LogP contribution in [-0.2, 0) is 14.8 Å². The highest BCUT2D eigenvalue weighted by molar-refractivity contribution is 7.88. The molecule has 112 valence electrons. The Kier molecular flexibility index (Phi) is 6.18. The van der Waals surface area contributed by atoms with Gasteiger partial charge in [-0.05, 0) is 19.3 Å². The second-order valence-corrected chi connectivity index (χ2v) is 6.80. The number of aliphatic hydroxyl groups excluding tert-OH is 1. The van der Waals surface area contributed by atoms with Gasteiger partial charge < -0.3 is 15.7 Å². The third-order valence-electron chi connectivity index (χ3n) is 3.26. The van der Waals surface area contributed by atoms with Gasteiger partial charge in [-0.25, -0.2) is 8.42 Å². The van der Waals surface area contributed by atoms with Gasteiger partial charge in [-0.3, -0.25) is 4.79 Å². The molecule has 1 heterocycles. The van der Waals surface area contributed by atoms with Gasteiger partial charge in [0.2, 0.25) is 15.9 Å². The van der Waals surface area contributed by atoms with Gasteiger partial charge in [0.15, 0.2) is 0 Å². The number of aliphatic hydroxyl groups is 1. The van der Waals surface area contributed by atoms with Gasteiger partial charge >= 0.3 is 0 Å². The number of hydrogen-bond acceptors (Lipinski definition) is 5. The minimum Gasteiger partial charge on any atom is -0.396 e. The van der Waals surface area contributed by atoms with Crippen molar-refractivity contribution >= 4 is 15.9 Å². The highest BCUT2D eigenvalue weighted by atomic mass is 32.2. The van der Waals surface area contributed by atoms with Crippen LogP contribution in [0.1, 0.15) is 19.3 Å². The zero-order valence-electron chi connectivity index (χ0n) is 11.3. The van der Waals surface area contributed by atoms with E-state index in [1.165, 1.54) is 10.6 Å². The normalized spacial score (nSPS) is 19.4. The molecule has 1 aliphatic heterocycles. The Bertz CT molecular complexity index is 391. The van der Waals surface area contributed by atoms with Crippen LogP contribution in [0.2, 0.25) is 0 Å². The highest BCUT2D eigenvalue weighted by Crippen LogP contribution is 2.09. The van der Waals surface area contributed by atoms with Gasteiger partial charge in [-0.2, -0.15) is 4.31 Å². The fourth-order valence-corrected chi connectivity index (χ4v) is 2.90. The molecule has 0 aromatic rings. The molecule has 0 radical (unpaired) electrons. The molecule has 1 aliphatic rings. The predicted molar refractivity (Wildman–Crippen MR) is 71.9 cm³/mol. The summed E-state index contributed by atoms with van der Waals surface area (Å²) in [5.74, 6) is -0.133. The summed E-state index contributed by atoms with van der Waals surface area (Å²) in [6.07, 6.45) is 3.08. The van der Waals surface area contributed by atoms with Gasteiger partial charge in [0.05, 0.1) is 12.3 Å². The van der Waals surface area contributed by atoms with E-state index in [0.717, 1.165) is 0 Å². The number of nitrogens with zero attached hydrogens (tertiary/aromatic N) is 2. The molecule has 0 aromatic carbocycles. The Morgan fingerprint density at radius 3 is 2.32 bits per heavy atom. The number of rotatable bonds is 6. The van der Waals surface area contributed by atoms with E-state index in [2.05, 4.69) is 0 Å². The summed E-state index contributed by atoms with van der Waals surface area (Å²) in [6.45, 7) is 1.54. The van der Waals surface area contributed by atoms with Crippen molar-refractivity contribution in [1.29, 1.82) is 0 Å². The van der Waals surface area contributed by atoms with E-state index in [0.29, 0.717) is 45.4 Å². The van der Waals surface area contributed by atoms with Crippen molar-refractivity contribution in [1.82, 2.24) is 9.21 Å². The Morgan fingerprint density at radius 1 is 1.26 bits per heavy atom. The average molecular weight is 293 g/mol. The average Bonchev–Trinajstić information content (AvgIpc) is 2.37. The lowest BCUT2D eigenvalue weighted by Gasteiger charge is -2.34. The second-order valence-electron chi connectivity index (χ2n) is 4.81. The van der Waals surface area contributed by atoms with Crippen LogP contribution in [0.3, 0.4) is 0 Å². The van der Waals surface area contributed by atoms with E-state index >= 15 is 0 Å². The molecule has 0 aliphatic carbocycles. The summed E-state index contributed by atoms with van der Waals surface area (Å²) in [6, 6.07) is -0.559. The first-order valence-electron chi connectivity index (χ1n) is 6.46. The van der Waals surface area contributed by atoms with Gasteiger partial charge in [0.25, 0.3) is 0 Å². The van der Waals surface area contributed by atoms with Crippen LogP contribution in [0.4, 0.5) is 0 Å². The van der Waals surface area contributed by atoms with E-state index in [9.17, 15) is 13.2 Å². The highest BCUT2D eigenvalue weighted by Gasteiger charge is 2.28. The van der Waals surface area contributed by atoms with Crippen LogP contribution in [0, 0.1) is 0 Å². The molecule has 8 heteroatoms. The third-order valence-corrected chi connectivity index (χ3v) is 4.56. The Hall–Kier alpha value is -0.700. The molecule has 1 unspecified atom stereocenters. The largest absolute Gasteiger partial charge is 0.396 e. The maximum Gasteiger partial charge on any atom is 0.239 e. The van der Waals surface area contributed by atoms with Gasteiger partial charge in [0, 0.05) is 32.8 Å². The molecule has 0 bridgehead atoms. The fourth-order valence-electron chi connectivity index (χ4n) is 2.07. The predicted octanol–water partition coefficient (Wildman–Crippen LogP) is -1.42. The van der Waals surface area contributed by atoms with E-state index in [1.54, 1.807) is 4.90 Å². The number of unbranched alkanes of at least 4 members (excludes halogenated alkanes) is 1. The first kappa shape index (κ1) is 16.4. The first-order valence-corrected chi connectivity index (χ1v) is 8.31. The van der Waals surface area contributed by atoms with E-state index < -0.39 is 16.1 Å². The van der Waals surface area contributed by atoms with Crippen LogP contribution in [-0.4, -0.2) is 73.7 Å². The Balaban J connectivity index is 2.40. The molecule has 1 amide bonds. The number of piperazine rings is 1. The van der Waals surface area contributed by atoms with Crippen LogP contribution >= 0.6 is 0 Å². The van der Waals surface area contributed by atoms with Crippen LogP contribution in [0.5, 0.6) is 0 Å². The van der Waals surface area contributed by atoms with Crippen molar-refractivity contribution in [3.8, 4) is 0 Å². The Morgan fingerprint density at radius 2 is 1.84 bits per heavy atom. The molecule has 3 N–H and O–H groups in total. The smallest absolute Gasteiger partial charge is 0.239 e. The van der Waals surface area contributed by atoms with Crippen LogP contribution < -0.4 is 5.73 Å². The SMILES string of the molecule is CS(=O)(=O)N1CCN(C(=O)C(N)CCCCO)CC1. The van der Waals surface area contributed by atoms with E-state index in [-0.39, 0.29) is 12.5 Å². The molecule has 0 saturated carbocycles. The summed E-state index contributed by atoms with van der Waals surface area (Å²) in [5.41, 5.74) is 5.80. The van der Waals surface area contributed by atoms with Crippen molar-refractivity contribution in [2.45, 2.75) is 25.3 Å². The Labute approximate surface area is 114 Å². The van der Waals surface area contributed by atoms with Crippen molar-refractivity contribution in [3.63, 3.8) is 0 Å². The molecule has 19 heavy (non-hydrogen) atoms. The fraction of sp³-hybridized carbons (Fsp3) is 0.909. The summed E-state index contributed by atoms with van der Waals surface area (Å²) in [5, 5.41) is 8.67. The van der Waals surface area contributed by atoms with E-state index in [1.807, 2.05) is 0 Å². The number of hydrogen-bond donors (Lipinski definition) is 2. The van der Waals surface area contributed by atoms with Crippen molar-refractivity contribution in [2.24, 2.45) is 5.73 Å². The second kappa shape index (κ2) is 7.18. The zero-order valence-corrected chi connectivity index (χ0v) is 12.1. The number of carbonyl (C=O) groups excluding carboxylic acids is 1. The van der Waals surface area contributed by atoms with Crippen molar-refractivity contribution in [2.75, 3.05) is 39.0 Å². The molecule has 1 rings (SSSR count). The minimum atomic E-state index is -3.18. The molecule has 0 spiro atoms. The molecule has 0 aromatic heterocycles. The lowest BCUT2D eigenvalue weighted by atomic mass is 10.1. The molecule has 1 saturated heterocycles. The molecule has 1 fully saturated rings. The molecule has 1 atom stereocenters. The van der Waals surface area contributed by atoms with Gasteiger partial charge in [-0.1, -0.05) is 0 Å². The summed E-state index contributed by atoms with van der Waals surface area (Å²) in [7, 11) is -3.18. The monoisotopic (exact) mass is 293 g/mol. The van der Waals surface area contributed by atoms with Crippen LogP contribution in [0.25, 0.3) is 0 Å². The zero-order chi connectivity index (χ0) is 14.5. The van der Waals surface area contributed by atoms with E-state index in [4.69, 9.17) is 10.8 Å². The minimum absolute atomic E-state index is 0.105. The standard InChI is InChI=1S/C11H23N3O4S/c1-19(17,18)14-7-5-13(6-8-14)11(16)10(12)4-2-3-9-15/h10,15H,2-9,12H2,1H3.